The highest BCUT2D eigenvalue weighted by Gasteiger charge is 2.52. The molecule has 6 heteroatoms. The summed E-state index contributed by atoms with van der Waals surface area (Å²) in [6, 6.07) is 9.38. The number of amides is 3. The summed E-state index contributed by atoms with van der Waals surface area (Å²) in [6.45, 7) is 4.22. The van der Waals surface area contributed by atoms with Gasteiger partial charge in [-0.25, -0.2) is 4.79 Å². The first-order chi connectivity index (χ1) is 12.7. The molecule has 0 aliphatic carbocycles. The number of anilines is 1. The number of para-hydroxylation sites is 1. The van der Waals surface area contributed by atoms with E-state index in [1.807, 2.05) is 40.1 Å². The number of hydrogen-bond donors (Lipinski definition) is 1. The average molecular weight is 357 g/mol. The summed E-state index contributed by atoms with van der Waals surface area (Å²) in [5.74, 6) is 0.130. The molecule has 3 heterocycles. The van der Waals surface area contributed by atoms with Gasteiger partial charge in [0.05, 0.1) is 5.92 Å². The number of urea groups is 1. The van der Waals surface area contributed by atoms with Crippen LogP contribution in [0.15, 0.2) is 30.3 Å². The van der Waals surface area contributed by atoms with Crippen molar-refractivity contribution >= 4 is 17.6 Å². The van der Waals surface area contributed by atoms with Gasteiger partial charge >= 0.3 is 6.03 Å². The molecule has 0 saturated carbocycles. The van der Waals surface area contributed by atoms with Crippen LogP contribution in [0.2, 0.25) is 0 Å². The highest BCUT2D eigenvalue weighted by atomic mass is 16.5. The van der Waals surface area contributed by atoms with Crippen molar-refractivity contribution < 1.29 is 14.3 Å². The molecule has 3 aliphatic heterocycles. The van der Waals surface area contributed by atoms with E-state index in [1.165, 1.54) is 0 Å². The van der Waals surface area contributed by atoms with E-state index in [-0.39, 0.29) is 23.3 Å². The van der Waals surface area contributed by atoms with Crippen LogP contribution in [-0.2, 0) is 9.53 Å². The minimum atomic E-state index is -0.133. The normalized spacial score (nSPS) is 24.8. The molecule has 1 N–H and O–H groups in total. The number of rotatable bonds is 2. The van der Waals surface area contributed by atoms with Crippen molar-refractivity contribution in [3.63, 3.8) is 0 Å². The van der Waals surface area contributed by atoms with Crippen LogP contribution in [0.4, 0.5) is 10.5 Å². The molecule has 0 unspecified atom stereocenters. The van der Waals surface area contributed by atoms with Crippen LogP contribution in [0.25, 0.3) is 0 Å². The van der Waals surface area contributed by atoms with E-state index in [9.17, 15) is 9.59 Å². The summed E-state index contributed by atoms with van der Waals surface area (Å²) in [4.78, 5) is 29.8. The number of nitrogens with one attached hydrogen (secondary N) is 1. The molecule has 1 aromatic carbocycles. The number of hydrogen-bond acceptors (Lipinski definition) is 3. The van der Waals surface area contributed by atoms with Gasteiger partial charge in [-0.3, -0.25) is 4.79 Å². The van der Waals surface area contributed by atoms with E-state index in [4.69, 9.17) is 4.74 Å². The topological polar surface area (TPSA) is 61.9 Å². The van der Waals surface area contributed by atoms with Gasteiger partial charge in [0, 0.05) is 50.5 Å². The van der Waals surface area contributed by atoms with Crippen LogP contribution in [0.5, 0.6) is 0 Å². The molecule has 3 saturated heterocycles. The summed E-state index contributed by atoms with van der Waals surface area (Å²) >= 11 is 0. The van der Waals surface area contributed by atoms with Crippen LogP contribution in [0, 0.1) is 11.3 Å². The summed E-state index contributed by atoms with van der Waals surface area (Å²) < 4.78 is 5.56. The van der Waals surface area contributed by atoms with Crippen LogP contribution in [-0.4, -0.2) is 61.1 Å². The van der Waals surface area contributed by atoms with Crippen molar-refractivity contribution in [2.45, 2.75) is 25.7 Å². The Morgan fingerprint density at radius 3 is 2.42 bits per heavy atom. The van der Waals surface area contributed by atoms with Crippen LogP contribution >= 0.6 is 0 Å². The lowest BCUT2D eigenvalue weighted by atomic mass is 9.71. The molecule has 4 rings (SSSR count). The highest BCUT2D eigenvalue weighted by molar-refractivity contribution is 5.90. The molecule has 6 nitrogen and oxygen atoms in total. The van der Waals surface area contributed by atoms with E-state index in [1.54, 1.807) is 0 Å². The van der Waals surface area contributed by atoms with Crippen molar-refractivity contribution in [3.8, 4) is 0 Å². The summed E-state index contributed by atoms with van der Waals surface area (Å²) in [5.41, 5.74) is 0.652. The summed E-state index contributed by atoms with van der Waals surface area (Å²) in [5, 5.41) is 2.97. The maximum absolute atomic E-state index is 13.2. The molecule has 3 fully saturated rings. The zero-order chi connectivity index (χ0) is 18.0. The quantitative estimate of drug-likeness (QED) is 0.885. The molecular formula is C20H27N3O3. The fourth-order valence-corrected chi connectivity index (χ4v) is 4.63. The van der Waals surface area contributed by atoms with Crippen molar-refractivity contribution in [1.29, 1.82) is 0 Å². The standard InChI is InChI=1S/C20H27N3O3/c24-18(22-10-4-5-11-22)17-14-23(15-20(17)8-12-26-13-9-20)19(25)21-16-6-2-1-3-7-16/h1-3,6-7,17H,4-5,8-15H2,(H,21,25)/t17-/m1/s1. The number of likely N-dealkylation sites (tertiary alicyclic amines) is 2. The number of carbonyl (C=O) groups excluding carboxylic acids is 2. The van der Waals surface area contributed by atoms with E-state index in [0.29, 0.717) is 26.3 Å². The number of carbonyl (C=O) groups is 2. The molecule has 26 heavy (non-hydrogen) atoms. The Morgan fingerprint density at radius 1 is 1.04 bits per heavy atom. The molecule has 1 spiro atoms. The Balaban J connectivity index is 1.51. The highest BCUT2D eigenvalue weighted by Crippen LogP contribution is 2.45. The molecule has 0 radical (unpaired) electrons. The van der Waals surface area contributed by atoms with Gasteiger partial charge in [0.25, 0.3) is 0 Å². The third kappa shape index (κ3) is 3.30. The van der Waals surface area contributed by atoms with Crippen LogP contribution in [0.1, 0.15) is 25.7 Å². The summed E-state index contributed by atoms with van der Waals surface area (Å²) in [6.07, 6.45) is 3.89. The van der Waals surface area contributed by atoms with Crippen molar-refractivity contribution in [3.05, 3.63) is 30.3 Å². The van der Waals surface area contributed by atoms with E-state index in [2.05, 4.69) is 5.32 Å². The molecule has 3 aliphatic rings. The monoisotopic (exact) mass is 357 g/mol. The molecule has 1 aromatic rings. The fraction of sp³-hybridized carbons (Fsp3) is 0.600. The van der Waals surface area contributed by atoms with Gasteiger partial charge in [-0.15, -0.1) is 0 Å². The van der Waals surface area contributed by atoms with Gasteiger partial charge in [-0.1, -0.05) is 18.2 Å². The molecular weight excluding hydrogens is 330 g/mol. The largest absolute Gasteiger partial charge is 0.381 e. The Bertz CT molecular complexity index is 652. The van der Waals surface area contributed by atoms with Crippen LogP contribution < -0.4 is 5.32 Å². The summed E-state index contributed by atoms with van der Waals surface area (Å²) in [7, 11) is 0. The Morgan fingerprint density at radius 2 is 1.73 bits per heavy atom. The van der Waals surface area contributed by atoms with Crippen molar-refractivity contribution in [2.75, 3.05) is 44.7 Å². The number of nitrogens with zero attached hydrogens (tertiary/aromatic N) is 2. The Kier molecular flexibility index (Phi) is 4.85. The third-order valence-corrected chi connectivity index (χ3v) is 6.16. The molecule has 3 amide bonds. The molecule has 1 atom stereocenters. The van der Waals surface area contributed by atoms with E-state index >= 15 is 0 Å². The van der Waals surface area contributed by atoms with Crippen LogP contribution in [0.3, 0.4) is 0 Å². The van der Waals surface area contributed by atoms with Gasteiger partial charge in [0.2, 0.25) is 5.91 Å². The maximum atomic E-state index is 13.2. The van der Waals surface area contributed by atoms with Gasteiger partial charge in [0.15, 0.2) is 0 Å². The lowest BCUT2D eigenvalue weighted by Crippen LogP contribution is -2.45. The van der Waals surface area contributed by atoms with E-state index in [0.717, 1.165) is 44.5 Å². The first-order valence-electron chi connectivity index (χ1n) is 9.65. The van der Waals surface area contributed by atoms with Gasteiger partial charge in [-0.2, -0.15) is 0 Å². The lowest BCUT2D eigenvalue weighted by molar-refractivity contribution is -0.139. The minimum Gasteiger partial charge on any atom is -0.381 e. The Hall–Kier alpha value is -2.08. The minimum absolute atomic E-state index is 0.106. The molecule has 0 aromatic heterocycles. The SMILES string of the molecule is O=C(Nc1ccccc1)N1C[C@H](C(=O)N2CCCC2)C2(CCOCC2)C1. The first kappa shape index (κ1) is 17.3. The first-order valence-corrected chi connectivity index (χ1v) is 9.65. The number of ether oxygens (including phenoxy) is 1. The third-order valence-electron chi connectivity index (χ3n) is 6.16. The molecule has 140 valence electrons. The predicted octanol–water partition coefficient (Wildman–Crippen LogP) is 2.57. The van der Waals surface area contributed by atoms with Crippen molar-refractivity contribution in [2.24, 2.45) is 11.3 Å². The maximum Gasteiger partial charge on any atom is 0.321 e. The molecule has 0 bridgehead atoms. The second-order valence-electron chi connectivity index (χ2n) is 7.74. The average Bonchev–Trinajstić information content (AvgIpc) is 3.32. The van der Waals surface area contributed by atoms with Gasteiger partial charge in [0.1, 0.15) is 0 Å². The number of benzene rings is 1. The zero-order valence-electron chi connectivity index (χ0n) is 15.2. The second kappa shape index (κ2) is 7.27. The zero-order valence-corrected chi connectivity index (χ0v) is 15.2. The second-order valence-corrected chi connectivity index (χ2v) is 7.74. The van der Waals surface area contributed by atoms with Crippen molar-refractivity contribution in [1.82, 2.24) is 9.80 Å². The van der Waals surface area contributed by atoms with Gasteiger partial charge < -0.3 is 19.9 Å². The fourth-order valence-electron chi connectivity index (χ4n) is 4.63. The van der Waals surface area contributed by atoms with E-state index < -0.39 is 0 Å². The smallest absolute Gasteiger partial charge is 0.321 e. The predicted molar refractivity (Wildman–Crippen MR) is 98.8 cm³/mol. The Labute approximate surface area is 154 Å². The van der Waals surface area contributed by atoms with Gasteiger partial charge in [-0.05, 0) is 37.8 Å². The lowest BCUT2D eigenvalue weighted by Gasteiger charge is -2.38.